The van der Waals surface area contributed by atoms with E-state index >= 15 is 0 Å². The van der Waals surface area contributed by atoms with Crippen LogP contribution in [0.25, 0.3) is 0 Å². The third kappa shape index (κ3) is 5.09. The lowest BCUT2D eigenvalue weighted by atomic mass is 9.95. The zero-order valence-corrected chi connectivity index (χ0v) is 13.9. The Morgan fingerprint density at radius 3 is 2.47 bits per heavy atom. The molecule has 1 heterocycles. The van der Waals surface area contributed by atoms with Crippen molar-refractivity contribution in [3.63, 3.8) is 0 Å². The monoisotopic (exact) mass is 337 g/mol. The molecule has 1 nitrogen and oxygen atoms in total. The van der Waals surface area contributed by atoms with Crippen LogP contribution < -0.4 is 5.32 Å². The van der Waals surface area contributed by atoms with Crippen molar-refractivity contribution in [2.75, 3.05) is 0 Å². The topological polar surface area (TPSA) is 12.0 Å². The standard InChI is InChI=1S/C16H20BrNS/c1-16(2,11-10-13-6-4-3-5-7-13)18-12-14-8-9-15(17)19-14/h3-9,18H,10-12H2,1-2H3. The van der Waals surface area contributed by atoms with Crippen LogP contribution in [0.4, 0.5) is 0 Å². The molecule has 0 bridgehead atoms. The summed E-state index contributed by atoms with van der Waals surface area (Å²) in [6.07, 6.45) is 2.26. The lowest BCUT2D eigenvalue weighted by molar-refractivity contribution is 0.362. The van der Waals surface area contributed by atoms with Gasteiger partial charge in [0.1, 0.15) is 0 Å². The van der Waals surface area contributed by atoms with Gasteiger partial charge in [-0.25, -0.2) is 0 Å². The lowest BCUT2D eigenvalue weighted by Crippen LogP contribution is -2.38. The highest BCUT2D eigenvalue weighted by molar-refractivity contribution is 9.11. The van der Waals surface area contributed by atoms with Crippen molar-refractivity contribution in [2.24, 2.45) is 0 Å². The van der Waals surface area contributed by atoms with Gasteiger partial charge in [-0.2, -0.15) is 0 Å². The first-order chi connectivity index (χ1) is 9.05. The Morgan fingerprint density at radius 2 is 1.84 bits per heavy atom. The number of benzene rings is 1. The molecule has 1 aromatic heterocycles. The first kappa shape index (κ1) is 14.8. The van der Waals surface area contributed by atoms with Crippen LogP contribution >= 0.6 is 27.3 Å². The number of hydrogen-bond acceptors (Lipinski definition) is 2. The summed E-state index contributed by atoms with van der Waals surface area (Å²) in [6, 6.07) is 15.0. The number of hydrogen-bond donors (Lipinski definition) is 1. The molecule has 0 spiro atoms. The number of aryl methyl sites for hydroxylation is 1. The highest BCUT2D eigenvalue weighted by Crippen LogP contribution is 2.23. The second kappa shape index (κ2) is 6.69. The molecule has 0 aliphatic rings. The first-order valence-electron chi connectivity index (χ1n) is 6.58. The third-order valence-corrected chi connectivity index (χ3v) is 4.88. The Hall–Kier alpha value is -0.640. The van der Waals surface area contributed by atoms with Crippen molar-refractivity contribution < 1.29 is 0 Å². The van der Waals surface area contributed by atoms with Gasteiger partial charge in [-0.3, -0.25) is 0 Å². The zero-order valence-electron chi connectivity index (χ0n) is 11.4. The average molecular weight is 338 g/mol. The Bertz CT molecular complexity index is 504. The normalized spacial score (nSPS) is 11.7. The summed E-state index contributed by atoms with van der Waals surface area (Å²) in [5.74, 6) is 0. The van der Waals surface area contributed by atoms with Gasteiger partial charge in [0.15, 0.2) is 0 Å². The van der Waals surface area contributed by atoms with E-state index in [2.05, 4.69) is 77.6 Å². The number of nitrogens with one attached hydrogen (secondary N) is 1. The summed E-state index contributed by atoms with van der Waals surface area (Å²) in [7, 11) is 0. The fraction of sp³-hybridized carbons (Fsp3) is 0.375. The van der Waals surface area contributed by atoms with Gasteiger partial charge in [0.05, 0.1) is 3.79 Å². The molecule has 0 radical (unpaired) electrons. The van der Waals surface area contributed by atoms with Crippen molar-refractivity contribution in [1.82, 2.24) is 5.32 Å². The van der Waals surface area contributed by atoms with Gasteiger partial charge in [-0.1, -0.05) is 30.3 Å². The Balaban J connectivity index is 1.81. The van der Waals surface area contributed by atoms with Gasteiger partial charge in [0.25, 0.3) is 0 Å². The van der Waals surface area contributed by atoms with Crippen LogP contribution in [0.3, 0.4) is 0 Å². The van der Waals surface area contributed by atoms with Gasteiger partial charge in [-0.15, -0.1) is 11.3 Å². The van der Waals surface area contributed by atoms with E-state index in [9.17, 15) is 0 Å². The van der Waals surface area contributed by atoms with Crippen molar-refractivity contribution in [3.05, 3.63) is 56.7 Å². The maximum Gasteiger partial charge on any atom is 0.0701 e. The Morgan fingerprint density at radius 1 is 1.11 bits per heavy atom. The van der Waals surface area contributed by atoms with Crippen LogP contribution in [0.2, 0.25) is 0 Å². The molecule has 0 aliphatic carbocycles. The van der Waals surface area contributed by atoms with E-state index < -0.39 is 0 Å². The molecule has 2 rings (SSSR count). The summed E-state index contributed by atoms with van der Waals surface area (Å²) >= 11 is 5.30. The predicted molar refractivity (Wildman–Crippen MR) is 87.7 cm³/mol. The van der Waals surface area contributed by atoms with Crippen molar-refractivity contribution in [2.45, 2.75) is 38.8 Å². The van der Waals surface area contributed by atoms with Crippen LogP contribution in [0, 0.1) is 0 Å². The van der Waals surface area contributed by atoms with Crippen molar-refractivity contribution >= 4 is 27.3 Å². The summed E-state index contributed by atoms with van der Waals surface area (Å²) in [5.41, 5.74) is 1.57. The molecule has 1 N–H and O–H groups in total. The van der Waals surface area contributed by atoms with Gasteiger partial charge >= 0.3 is 0 Å². The third-order valence-electron chi connectivity index (χ3n) is 3.25. The summed E-state index contributed by atoms with van der Waals surface area (Å²) in [5, 5.41) is 3.65. The highest BCUT2D eigenvalue weighted by atomic mass is 79.9. The molecular weight excluding hydrogens is 318 g/mol. The van der Waals surface area contributed by atoms with Crippen LogP contribution in [0.1, 0.15) is 30.7 Å². The lowest BCUT2D eigenvalue weighted by Gasteiger charge is -2.26. The van der Waals surface area contributed by atoms with Gasteiger partial charge in [0.2, 0.25) is 0 Å². The van der Waals surface area contributed by atoms with E-state index in [-0.39, 0.29) is 5.54 Å². The molecule has 0 unspecified atom stereocenters. The van der Waals surface area contributed by atoms with E-state index in [4.69, 9.17) is 0 Å². The molecule has 3 heteroatoms. The Labute approximate surface area is 128 Å². The molecule has 0 aliphatic heterocycles. The average Bonchev–Trinajstić information content (AvgIpc) is 2.82. The molecule has 2 aromatic rings. The van der Waals surface area contributed by atoms with Crippen LogP contribution in [0.5, 0.6) is 0 Å². The Kier molecular flexibility index (Phi) is 5.20. The van der Waals surface area contributed by atoms with Crippen LogP contribution in [0.15, 0.2) is 46.3 Å². The predicted octanol–water partition coefficient (Wildman–Crippen LogP) is 5.01. The fourth-order valence-corrected chi connectivity index (χ4v) is 3.39. The highest BCUT2D eigenvalue weighted by Gasteiger charge is 2.16. The van der Waals surface area contributed by atoms with Crippen LogP contribution in [-0.4, -0.2) is 5.54 Å². The SMILES string of the molecule is CC(C)(CCc1ccccc1)NCc1ccc(Br)s1. The summed E-state index contributed by atoms with van der Waals surface area (Å²) < 4.78 is 1.20. The summed E-state index contributed by atoms with van der Waals surface area (Å²) in [6.45, 7) is 5.50. The van der Waals surface area contributed by atoms with Crippen molar-refractivity contribution in [1.29, 1.82) is 0 Å². The van der Waals surface area contributed by atoms with Gasteiger partial charge in [-0.05, 0) is 60.3 Å². The second-order valence-electron chi connectivity index (χ2n) is 5.43. The maximum atomic E-state index is 3.65. The number of halogens is 1. The van der Waals surface area contributed by atoms with E-state index in [0.29, 0.717) is 0 Å². The van der Waals surface area contributed by atoms with Crippen LogP contribution in [-0.2, 0) is 13.0 Å². The molecule has 0 saturated heterocycles. The molecular formula is C16H20BrNS. The minimum absolute atomic E-state index is 0.159. The molecule has 102 valence electrons. The number of rotatable bonds is 6. The van der Waals surface area contributed by atoms with E-state index in [1.807, 2.05) is 0 Å². The molecule has 0 saturated carbocycles. The molecule has 19 heavy (non-hydrogen) atoms. The van der Waals surface area contributed by atoms with Crippen molar-refractivity contribution in [3.8, 4) is 0 Å². The fourth-order valence-electron chi connectivity index (χ4n) is 1.96. The maximum absolute atomic E-state index is 3.65. The first-order valence-corrected chi connectivity index (χ1v) is 8.19. The quantitative estimate of drug-likeness (QED) is 0.780. The number of thiophene rings is 1. The summed E-state index contributed by atoms with van der Waals surface area (Å²) in [4.78, 5) is 1.37. The minimum Gasteiger partial charge on any atom is -0.307 e. The minimum atomic E-state index is 0.159. The smallest absolute Gasteiger partial charge is 0.0701 e. The van der Waals surface area contributed by atoms with Gasteiger partial charge < -0.3 is 5.32 Å². The molecule has 0 atom stereocenters. The zero-order chi connectivity index (χ0) is 13.7. The van der Waals surface area contributed by atoms with Gasteiger partial charge in [0, 0.05) is 17.0 Å². The molecule has 1 aromatic carbocycles. The van der Waals surface area contributed by atoms with E-state index in [1.54, 1.807) is 11.3 Å². The van der Waals surface area contributed by atoms with E-state index in [1.165, 1.54) is 14.2 Å². The molecule has 0 fully saturated rings. The largest absolute Gasteiger partial charge is 0.307 e. The molecule has 0 amide bonds. The van der Waals surface area contributed by atoms with E-state index in [0.717, 1.165) is 19.4 Å². The second-order valence-corrected chi connectivity index (χ2v) is 7.98.